The van der Waals surface area contributed by atoms with Crippen LogP contribution in [0.25, 0.3) is 0 Å². The summed E-state index contributed by atoms with van der Waals surface area (Å²) >= 11 is 0. The van der Waals surface area contributed by atoms with Gasteiger partial charge in [0, 0.05) is 38.8 Å². The fourth-order valence-corrected chi connectivity index (χ4v) is 1.15. The van der Waals surface area contributed by atoms with Gasteiger partial charge < -0.3 is 46.9 Å². The van der Waals surface area contributed by atoms with Crippen molar-refractivity contribution in [2.45, 2.75) is 25.7 Å². The Hall–Kier alpha value is -0.560. The van der Waals surface area contributed by atoms with Crippen LogP contribution in [-0.4, -0.2) is 38.0 Å². The van der Waals surface area contributed by atoms with Gasteiger partial charge in [-0.25, -0.2) is 0 Å². The largest absolute Gasteiger partial charge is 1.00 e. The Morgan fingerprint density at radius 3 is 1.39 bits per heavy atom. The van der Waals surface area contributed by atoms with Crippen LogP contribution < -0.4 is 46.9 Å². The summed E-state index contributed by atoms with van der Waals surface area (Å²) in [4.78, 5) is 22.3. The van der Waals surface area contributed by atoms with Crippen LogP contribution >= 0.6 is 0 Å². The molecule has 0 aliphatic carbocycles. The average Bonchev–Trinajstić information content (AvgIpc) is 2.29. The molecule has 0 spiro atoms. The minimum atomic E-state index is 0. The van der Waals surface area contributed by atoms with Crippen LogP contribution in [0.2, 0.25) is 0 Å². The third-order valence-electron chi connectivity index (χ3n) is 2.08. The maximum Gasteiger partial charge on any atom is 0.220 e. The van der Waals surface area contributed by atoms with Crippen molar-refractivity contribution in [2.75, 3.05) is 26.2 Å². The molecule has 8 N–H and O–H groups in total. The number of amides is 2. The monoisotopic (exact) mass is 302 g/mol. The summed E-state index contributed by atoms with van der Waals surface area (Å²) in [6.45, 7) is 2.53. The molecule has 0 atom stereocenters. The molecule has 0 unspecified atom stereocenters. The lowest BCUT2D eigenvalue weighted by atomic mass is 10.3. The minimum Gasteiger partial charge on any atom is -1.00 e. The van der Waals surface area contributed by atoms with Crippen molar-refractivity contribution < 1.29 is 45.9 Å². The van der Waals surface area contributed by atoms with Gasteiger partial charge in [0.25, 0.3) is 0 Å². The molecular formula is C10H24Cl2N4O2. The quantitative estimate of drug-likeness (QED) is 0.317. The molecule has 0 rings (SSSR count). The minimum absolute atomic E-state index is 0. The summed E-state index contributed by atoms with van der Waals surface area (Å²) in [5.74, 6) is 0.0475. The highest BCUT2D eigenvalue weighted by Gasteiger charge is 2.02. The Balaban J connectivity index is -0.00000112. The predicted molar refractivity (Wildman–Crippen MR) is 60.0 cm³/mol. The van der Waals surface area contributed by atoms with E-state index in [0.29, 0.717) is 25.9 Å². The summed E-state index contributed by atoms with van der Waals surface area (Å²) in [6, 6.07) is 0. The van der Waals surface area contributed by atoms with Gasteiger partial charge in [0.15, 0.2) is 0 Å². The first kappa shape index (κ1) is 22.6. The number of halogens is 2. The molecule has 8 heteroatoms. The summed E-state index contributed by atoms with van der Waals surface area (Å²) in [7, 11) is 0. The van der Waals surface area contributed by atoms with E-state index in [1.165, 1.54) is 0 Å². The van der Waals surface area contributed by atoms with E-state index >= 15 is 0 Å². The number of rotatable bonds is 9. The fraction of sp³-hybridized carbons (Fsp3) is 0.800. The molecule has 0 saturated heterocycles. The maximum absolute atomic E-state index is 11.2. The van der Waals surface area contributed by atoms with E-state index in [4.69, 9.17) is 0 Å². The van der Waals surface area contributed by atoms with Crippen LogP contribution in [0.3, 0.4) is 0 Å². The number of quaternary nitrogens is 2. The lowest BCUT2D eigenvalue weighted by Crippen LogP contribution is -3.00. The molecule has 0 aromatic carbocycles. The van der Waals surface area contributed by atoms with E-state index in [1.54, 1.807) is 0 Å². The molecular weight excluding hydrogens is 279 g/mol. The van der Waals surface area contributed by atoms with E-state index in [-0.39, 0.29) is 36.6 Å². The van der Waals surface area contributed by atoms with Gasteiger partial charge >= 0.3 is 0 Å². The summed E-state index contributed by atoms with van der Waals surface area (Å²) < 4.78 is 0. The van der Waals surface area contributed by atoms with Crippen LogP contribution in [0, 0.1) is 0 Å². The summed E-state index contributed by atoms with van der Waals surface area (Å²) in [6.07, 6.45) is 2.64. The standard InChI is InChI=1S/C10H22N4O2.2ClH/c11-5-1-3-9(15)13-7-8-14-10(16)4-2-6-12;;/h1-8,11-12H2,(H,13,15)(H,14,16);2*1H. The van der Waals surface area contributed by atoms with E-state index in [1.807, 2.05) is 0 Å². The molecule has 0 aromatic rings. The highest BCUT2D eigenvalue weighted by atomic mass is 35.5. The van der Waals surface area contributed by atoms with Gasteiger partial charge in [-0.3, -0.25) is 9.59 Å². The highest BCUT2D eigenvalue weighted by molar-refractivity contribution is 5.77. The Kier molecular flexibility index (Phi) is 20.6. The molecule has 0 fully saturated rings. The van der Waals surface area contributed by atoms with Crippen molar-refractivity contribution in [1.82, 2.24) is 10.6 Å². The number of carbonyl (C=O) groups excluding carboxylic acids is 2. The van der Waals surface area contributed by atoms with Gasteiger partial charge in [-0.1, -0.05) is 0 Å². The zero-order chi connectivity index (χ0) is 12.2. The molecule has 0 aliphatic rings. The zero-order valence-electron chi connectivity index (χ0n) is 10.6. The summed E-state index contributed by atoms with van der Waals surface area (Å²) in [5, 5.41) is 5.47. The van der Waals surface area contributed by atoms with Gasteiger partial charge in [0.1, 0.15) is 0 Å². The molecule has 6 nitrogen and oxygen atoms in total. The Morgan fingerprint density at radius 2 is 1.11 bits per heavy atom. The number of hydrogen-bond donors (Lipinski definition) is 4. The van der Waals surface area contributed by atoms with E-state index in [0.717, 1.165) is 25.9 Å². The molecule has 0 aliphatic heterocycles. The second kappa shape index (κ2) is 16.4. The van der Waals surface area contributed by atoms with E-state index in [2.05, 4.69) is 22.1 Å². The Bertz CT molecular complexity index is 196. The van der Waals surface area contributed by atoms with Crippen molar-refractivity contribution >= 4 is 11.8 Å². The fourth-order valence-electron chi connectivity index (χ4n) is 1.15. The molecule has 0 radical (unpaired) electrons. The second-order valence-electron chi connectivity index (χ2n) is 3.61. The second-order valence-corrected chi connectivity index (χ2v) is 3.61. The maximum atomic E-state index is 11.2. The van der Waals surface area contributed by atoms with Crippen LogP contribution in [0.1, 0.15) is 25.7 Å². The number of hydrogen-bond acceptors (Lipinski definition) is 2. The van der Waals surface area contributed by atoms with E-state index in [9.17, 15) is 9.59 Å². The Labute approximate surface area is 120 Å². The van der Waals surface area contributed by atoms with Crippen molar-refractivity contribution in [3.05, 3.63) is 0 Å². The lowest BCUT2D eigenvalue weighted by molar-refractivity contribution is -0.368. The predicted octanol–water partition coefficient (Wildman–Crippen LogP) is -8.73. The van der Waals surface area contributed by atoms with Crippen LogP contribution in [0.5, 0.6) is 0 Å². The van der Waals surface area contributed by atoms with Crippen molar-refractivity contribution in [2.24, 2.45) is 0 Å². The van der Waals surface area contributed by atoms with Crippen molar-refractivity contribution in [3.63, 3.8) is 0 Å². The topological polar surface area (TPSA) is 113 Å². The SMILES string of the molecule is [Cl-].[Cl-].[NH3+]CCCC(=O)NCCNC(=O)CCC[NH3+]. The van der Waals surface area contributed by atoms with Gasteiger partial charge in [-0.2, -0.15) is 0 Å². The van der Waals surface area contributed by atoms with Gasteiger partial charge in [-0.15, -0.1) is 0 Å². The highest BCUT2D eigenvalue weighted by Crippen LogP contribution is 1.85. The first-order chi connectivity index (χ1) is 7.70. The van der Waals surface area contributed by atoms with Crippen molar-refractivity contribution in [3.8, 4) is 0 Å². The molecule has 18 heavy (non-hydrogen) atoms. The number of carbonyl (C=O) groups is 2. The van der Waals surface area contributed by atoms with Crippen LogP contribution in [-0.2, 0) is 9.59 Å². The molecule has 0 aromatic heterocycles. The first-order valence-corrected chi connectivity index (χ1v) is 5.82. The molecule has 110 valence electrons. The van der Waals surface area contributed by atoms with Gasteiger partial charge in [0.2, 0.25) is 11.8 Å². The zero-order valence-corrected chi connectivity index (χ0v) is 12.2. The Morgan fingerprint density at radius 1 is 0.778 bits per heavy atom. The molecule has 0 heterocycles. The van der Waals surface area contributed by atoms with Crippen LogP contribution in [0.4, 0.5) is 0 Å². The normalized spacial score (nSPS) is 8.78. The molecule has 2 amide bonds. The van der Waals surface area contributed by atoms with Crippen LogP contribution in [0.15, 0.2) is 0 Å². The van der Waals surface area contributed by atoms with Gasteiger partial charge in [0.05, 0.1) is 13.1 Å². The average molecular weight is 303 g/mol. The smallest absolute Gasteiger partial charge is 0.220 e. The van der Waals surface area contributed by atoms with Gasteiger partial charge in [-0.05, 0) is 0 Å². The third kappa shape index (κ3) is 15.4. The van der Waals surface area contributed by atoms with Crippen molar-refractivity contribution in [1.29, 1.82) is 0 Å². The summed E-state index contributed by atoms with van der Waals surface area (Å²) in [5.41, 5.74) is 7.33. The number of nitrogens with one attached hydrogen (secondary N) is 2. The van der Waals surface area contributed by atoms with E-state index < -0.39 is 0 Å². The third-order valence-corrected chi connectivity index (χ3v) is 2.08. The molecule has 0 bridgehead atoms. The molecule has 0 saturated carbocycles. The lowest BCUT2D eigenvalue weighted by Gasteiger charge is -2.06. The first-order valence-electron chi connectivity index (χ1n) is 5.82.